The highest BCUT2D eigenvalue weighted by molar-refractivity contribution is 7.05. The second-order valence-electron chi connectivity index (χ2n) is 2.03. The number of hydrogen-bond donors (Lipinski definition) is 0. The minimum absolute atomic E-state index is 1.07. The number of nitrogens with zero attached hydrogens (tertiary/aromatic N) is 2. The lowest BCUT2D eigenvalue weighted by Crippen LogP contribution is -1.84. The molecule has 2 nitrogen and oxygen atoms in total. The largest absolute Gasteiger partial charge is 0.143 e. The monoisotopic (exact) mass is 172 g/mol. The van der Waals surface area contributed by atoms with Gasteiger partial charge in [0.1, 0.15) is 0 Å². The molecule has 0 aliphatic heterocycles. The summed E-state index contributed by atoms with van der Waals surface area (Å²) in [5, 5.41) is 3.97. The fourth-order valence-corrected chi connectivity index (χ4v) is 1.23. The Balaban J connectivity index is 0.000000461. The average Bonchev–Trinajstić information content (AvgIpc) is 2.42. The van der Waals surface area contributed by atoms with Crippen molar-refractivity contribution in [2.45, 2.75) is 40.5 Å². The lowest BCUT2D eigenvalue weighted by Gasteiger charge is -1.88. The zero-order valence-corrected chi connectivity index (χ0v) is 8.53. The summed E-state index contributed by atoms with van der Waals surface area (Å²) in [6.45, 7) is 8.22. The Bertz CT molecular complexity index is 184. The van der Waals surface area contributed by atoms with E-state index in [1.807, 2.05) is 13.8 Å². The molecule has 0 N–H and O–H groups in total. The van der Waals surface area contributed by atoms with E-state index < -0.39 is 0 Å². The first-order valence-electron chi connectivity index (χ1n) is 4.12. The van der Waals surface area contributed by atoms with E-state index >= 15 is 0 Å². The standard InChI is InChI=1S/C6H10N2S.C2H6/c1-3-4-6-5(2)9-8-7-6;1-2/h3-4H2,1-2H3;1-2H3. The van der Waals surface area contributed by atoms with Crippen molar-refractivity contribution in [1.29, 1.82) is 0 Å². The molecule has 64 valence electrons. The third-order valence-electron chi connectivity index (χ3n) is 1.23. The van der Waals surface area contributed by atoms with E-state index in [2.05, 4.69) is 23.4 Å². The summed E-state index contributed by atoms with van der Waals surface area (Å²) >= 11 is 1.48. The van der Waals surface area contributed by atoms with Gasteiger partial charge in [-0.2, -0.15) is 0 Å². The van der Waals surface area contributed by atoms with Crippen molar-refractivity contribution in [3.05, 3.63) is 10.6 Å². The fourth-order valence-electron chi connectivity index (χ4n) is 0.717. The number of aromatic nitrogens is 2. The first kappa shape index (κ1) is 10.6. The van der Waals surface area contributed by atoms with E-state index in [1.165, 1.54) is 22.1 Å². The molecule has 0 saturated carbocycles. The van der Waals surface area contributed by atoms with Gasteiger partial charge in [0.2, 0.25) is 0 Å². The minimum Gasteiger partial charge on any atom is -0.143 e. The molecular formula is C8H16N2S. The maximum absolute atomic E-state index is 3.97. The number of aryl methyl sites for hydroxylation is 2. The molecule has 11 heavy (non-hydrogen) atoms. The van der Waals surface area contributed by atoms with Crippen molar-refractivity contribution in [2.24, 2.45) is 0 Å². The topological polar surface area (TPSA) is 25.8 Å². The van der Waals surface area contributed by atoms with Crippen molar-refractivity contribution in [1.82, 2.24) is 9.59 Å². The van der Waals surface area contributed by atoms with Crippen molar-refractivity contribution in [2.75, 3.05) is 0 Å². The summed E-state index contributed by atoms with van der Waals surface area (Å²) in [4.78, 5) is 1.26. The third-order valence-corrected chi connectivity index (χ3v) is 1.91. The van der Waals surface area contributed by atoms with Gasteiger partial charge in [-0.05, 0) is 24.9 Å². The molecule has 0 aliphatic rings. The second kappa shape index (κ2) is 6.28. The molecule has 0 amide bonds. The minimum atomic E-state index is 1.07. The van der Waals surface area contributed by atoms with Crippen LogP contribution in [0.3, 0.4) is 0 Å². The summed E-state index contributed by atoms with van der Waals surface area (Å²) in [6.07, 6.45) is 2.23. The Kier molecular flexibility index (Phi) is 6.03. The van der Waals surface area contributed by atoms with Gasteiger partial charge in [-0.25, -0.2) is 0 Å². The van der Waals surface area contributed by atoms with Crippen LogP contribution < -0.4 is 0 Å². The summed E-state index contributed by atoms with van der Waals surface area (Å²) in [6, 6.07) is 0. The lowest BCUT2D eigenvalue weighted by molar-refractivity contribution is 0.863. The highest BCUT2D eigenvalue weighted by Crippen LogP contribution is 2.09. The van der Waals surface area contributed by atoms with Crippen molar-refractivity contribution >= 4 is 11.5 Å². The Labute approximate surface area is 72.8 Å². The van der Waals surface area contributed by atoms with Crippen LogP contribution in [0.25, 0.3) is 0 Å². The van der Waals surface area contributed by atoms with Crippen LogP contribution in [0.15, 0.2) is 0 Å². The van der Waals surface area contributed by atoms with E-state index in [4.69, 9.17) is 0 Å². The van der Waals surface area contributed by atoms with Crippen LogP contribution in [0.2, 0.25) is 0 Å². The highest BCUT2D eigenvalue weighted by atomic mass is 32.1. The molecule has 0 fully saturated rings. The first-order valence-corrected chi connectivity index (χ1v) is 4.89. The van der Waals surface area contributed by atoms with Gasteiger partial charge in [-0.3, -0.25) is 0 Å². The molecule has 0 unspecified atom stereocenters. The molecule has 0 bridgehead atoms. The Morgan fingerprint density at radius 1 is 1.36 bits per heavy atom. The molecule has 1 aromatic heterocycles. The van der Waals surface area contributed by atoms with Crippen LogP contribution in [0, 0.1) is 6.92 Å². The van der Waals surface area contributed by atoms with Crippen LogP contribution in [0.5, 0.6) is 0 Å². The fraction of sp³-hybridized carbons (Fsp3) is 0.750. The van der Waals surface area contributed by atoms with E-state index in [1.54, 1.807) is 0 Å². The Morgan fingerprint density at radius 3 is 2.36 bits per heavy atom. The predicted molar refractivity (Wildman–Crippen MR) is 50.0 cm³/mol. The Hall–Kier alpha value is -0.440. The molecule has 1 heterocycles. The van der Waals surface area contributed by atoms with Gasteiger partial charge < -0.3 is 0 Å². The van der Waals surface area contributed by atoms with Gasteiger partial charge in [0.25, 0.3) is 0 Å². The van der Waals surface area contributed by atoms with Gasteiger partial charge >= 0.3 is 0 Å². The first-order chi connectivity index (χ1) is 5.34. The molecule has 0 saturated heterocycles. The van der Waals surface area contributed by atoms with Crippen LogP contribution in [-0.4, -0.2) is 9.59 Å². The van der Waals surface area contributed by atoms with E-state index in [0.29, 0.717) is 0 Å². The molecule has 1 aromatic rings. The van der Waals surface area contributed by atoms with Gasteiger partial charge in [0, 0.05) is 4.88 Å². The lowest BCUT2D eigenvalue weighted by atomic mass is 10.2. The number of hydrogen-bond acceptors (Lipinski definition) is 3. The summed E-state index contributed by atoms with van der Waals surface area (Å²) in [5.41, 5.74) is 1.17. The maximum Gasteiger partial charge on any atom is 0.0784 e. The van der Waals surface area contributed by atoms with E-state index in [-0.39, 0.29) is 0 Å². The molecule has 3 heteroatoms. The Morgan fingerprint density at radius 2 is 2.00 bits per heavy atom. The summed E-state index contributed by atoms with van der Waals surface area (Å²) in [7, 11) is 0. The second-order valence-corrected chi connectivity index (χ2v) is 2.98. The quantitative estimate of drug-likeness (QED) is 0.685. The van der Waals surface area contributed by atoms with Gasteiger partial charge in [0.05, 0.1) is 5.69 Å². The smallest absolute Gasteiger partial charge is 0.0784 e. The molecule has 0 radical (unpaired) electrons. The van der Waals surface area contributed by atoms with Gasteiger partial charge in [-0.1, -0.05) is 31.7 Å². The van der Waals surface area contributed by atoms with Crippen LogP contribution >= 0.6 is 11.5 Å². The van der Waals surface area contributed by atoms with Crippen LogP contribution in [-0.2, 0) is 6.42 Å². The molecule has 0 atom stereocenters. The van der Waals surface area contributed by atoms with Gasteiger partial charge in [-0.15, -0.1) is 5.10 Å². The van der Waals surface area contributed by atoms with Crippen molar-refractivity contribution < 1.29 is 0 Å². The molecule has 0 aliphatic carbocycles. The summed E-state index contributed by atoms with van der Waals surface area (Å²) < 4.78 is 3.83. The highest BCUT2D eigenvalue weighted by Gasteiger charge is 1.99. The zero-order valence-electron chi connectivity index (χ0n) is 7.72. The van der Waals surface area contributed by atoms with Crippen molar-refractivity contribution in [3.8, 4) is 0 Å². The SMILES string of the molecule is CC.CCCc1nnsc1C. The third kappa shape index (κ3) is 3.46. The maximum atomic E-state index is 3.97. The van der Waals surface area contributed by atoms with Crippen molar-refractivity contribution in [3.63, 3.8) is 0 Å². The number of rotatable bonds is 2. The molecule has 0 aromatic carbocycles. The zero-order chi connectivity index (χ0) is 8.69. The molecule has 1 rings (SSSR count). The average molecular weight is 172 g/mol. The van der Waals surface area contributed by atoms with Gasteiger partial charge in [0.15, 0.2) is 0 Å². The van der Waals surface area contributed by atoms with Crippen LogP contribution in [0.1, 0.15) is 37.8 Å². The molecular weight excluding hydrogens is 156 g/mol. The molecule has 0 spiro atoms. The predicted octanol–water partition coefficient (Wildman–Crippen LogP) is 2.83. The normalized spacial score (nSPS) is 8.73. The summed E-state index contributed by atoms with van der Waals surface area (Å²) in [5.74, 6) is 0. The van der Waals surface area contributed by atoms with E-state index in [9.17, 15) is 0 Å². The van der Waals surface area contributed by atoms with E-state index in [0.717, 1.165) is 12.8 Å². The van der Waals surface area contributed by atoms with Crippen LogP contribution in [0.4, 0.5) is 0 Å².